The van der Waals surface area contributed by atoms with E-state index in [2.05, 4.69) is 51.7 Å². The highest BCUT2D eigenvalue weighted by atomic mass is 15.2. The maximum absolute atomic E-state index is 4.69. The van der Waals surface area contributed by atoms with Crippen molar-refractivity contribution in [2.75, 3.05) is 30.3 Å². The third-order valence-corrected chi connectivity index (χ3v) is 4.51. The molecular formula is C20H30N6. The van der Waals surface area contributed by atoms with E-state index in [4.69, 9.17) is 0 Å². The van der Waals surface area contributed by atoms with E-state index in [0.29, 0.717) is 5.95 Å². The molecule has 1 aliphatic rings. The first-order chi connectivity index (χ1) is 12.5. The van der Waals surface area contributed by atoms with E-state index in [1.165, 1.54) is 19.3 Å². The number of anilines is 2. The fourth-order valence-corrected chi connectivity index (χ4v) is 3.17. The highest BCUT2D eigenvalue weighted by molar-refractivity contribution is 5.64. The van der Waals surface area contributed by atoms with Crippen molar-refractivity contribution in [3.05, 3.63) is 30.6 Å². The third kappa shape index (κ3) is 5.66. The molecule has 0 saturated carbocycles. The van der Waals surface area contributed by atoms with Crippen LogP contribution in [0.2, 0.25) is 0 Å². The van der Waals surface area contributed by atoms with E-state index in [1.807, 2.05) is 18.2 Å². The zero-order chi connectivity index (χ0) is 18.4. The molecule has 0 radical (unpaired) electrons. The molecule has 0 bridgehead atoms. The molecule has 26 heavy (non-hydrogen) atoms. The van der Waals surface area contributed by atoms with Crippen LogP contribution >= 0.6 is 0 Å². The molecule has 140 valence electrons. The topological polar surface area (TPSA) is 74.8 Å². The lowest BCUT2D eigenvalue weighted by Gasteiger charge is -2.23. The summed E-state index contributed by atoms with van der Waals surface area (Å²) < 4.78 is 0. The number of rotatable bonds is 6. The van der Waals surface area contributed by atoms with E-state index < -0.39 is 0 Å². The van der Waals surface area contributed by atoms with Crippen LogP contribution in [0.3, 0.4) is 0 Å². The Morgan fingerprint density at radius 3 is 2.54 bits per heavy atom. The molecule has 1 saturated heterocycles. The highest BCUT2D eigenvalue weighted by Gasteiger charge is 2.15. The van der Waals surface area contributed by atoms with E-state index in [-0.39, 0.29) is 5.54 Å². The molecule has 6 nitrogen and oxygen atoms in total. The summed E-state index contributed by atoms with van der Waals surface area (Å²) in [5.41, 5.74) is 1.85. The summed E-state index contributed by atoms with van der Waals surface area (Å²) in [7, 11) is 0. The minimum atomic E-state index is -0.0940. The van der Waals surface area contributed by atoms with Gasteiger partial charge in [-0.3, -0.25) is 4.98 Å². The fraction of sp³-hybridized carbons (Fsp3) is 0.550. The molecule has 1 fully saturated rings. The largest absolute Gasteiger partial charge is 0.370 e. The summed E-state index contributed by atoms with van der Waals surface area (Å²) in [5, 5.41) is 10.3. The second-order valence-corrected chi connectivity index (χ2v) is 7.98. The van der Waals surface area contributed by atoms with Crippen molar-refractivity contribution >= 4 is 11.8 Å². The highest BCUT2D eigenvalue weighted by Crippen LogP contribution is 2.23. The predicted octanol–water partition coefficient (Wildman–Crippen LogP) is 3.55. The first-order valence-corrected chi connectivity index (χ1v) is 9.52. The van der Waals surface area contributed by atoms with Gasteiger partial charge >= 0.3 is 0 Å². The van der Waals surface area contributed by atoms with E-state index in [9.17, 15) is 0 Å². The van der Waals surface area contributed by atoms with Crippen molar-refractivity contribution in [3.8, 4) is 11.3 Å². The van der Waals surface area contributed by atoms with Gasteiger partial charge in [-0.25, -0.2) is 4.98 Å². The number of aromatic nitrogens is 3. The van der Waals surface area contributed by atoms with Crippen LogP contribution in [-0.4, -0.2) is 40.1 Å². The summed E-state index contributed by atoms with van der Waals surface area (Å²) in [4.78, 5) is 13.5. The zero-order valence-corrected chi connectivity index (χ0v) is 16.0. The molecule has 3 rings (SSSR count). The Morgan fingerprint density at radius 1 is 1.12 bits per heavy atom. The smallest absolute Gasteiger partial charge is 0.225 e. The average Bonchev–Trinajstić information content (AvgIpc) is 2.62. The number of hydrogen-bond donors (Lipinski definition) is 3. The molecule has 0 spiro atoms. The Balaban J connectivity index is 1.73. The first kappa shape index (κ1) is 18.6. The number of hydrogen-bond acceptors (Lipinski definition) is 6. The van der Waals surface area contributed by atoms with E-state index in [1.54, 1.807) is 12.4 Å². The minimum absolute atomic E-state index is 0.0940. The first-order valence-electron chi connectivity index (χ1n) is 9.52. The van der Waals surface area contributed by atoms with Gasteiger partial charge in [-0.2, -0.15) is 4.98 Å². The molecule has 0 atom stereocenters. The lowest BCUT2D eigenvalue weighted by Crippen LogP contribution is -2.29. The van der Waals surface area contributed by atoms with Crippen LogP contribution in [0.4, 0.5) is 11.8 Å². The van der Waals surface area contributed by atoms with Crippen molar-refractivity contribution in [2.45, 2.75) is 45.6 Å². The van der Waals surface area contributed by atoms with Gasteiger partial charge in [0.25, 0.3) is 0 Å². The molecule has 0 aliphatic carbocycles. The number of nitrogens with zero attached hydrogens (tertiary/aromatic N) is 3. The molecule has 2 aromatic heterocycles. The van der Waals surface area contributed by atoms with Gasteiger partial charge in [0.2, 0.25) is 5.95 Å². The Kier molecular flexibility index (Phi) is 6.04. The molecule has 3 heterocycles. The van der Waals surface area contributed by atoms with Crippen molar-refractivity contribution in [2.24, 2.45) is 5.92 Å². The minimum Gasteiger partial charge on any atom is -0.370 e. The molecule has 0 unspecified atom stereocenters. The lowest BCUT2D eigenvalue weighted by molar-refractivity contribution is 0.361. The molecule has 6 heteroatoms. The summed E-state index contributed by atoms with van der Waals surface area (Å²) in [6.07, 6.45) is 7.30. The number of nitrogens with one attached hydrogen (secondary N) is 3. The van der Waals surface area contributed by atoms with Gasteiger partial charge in [-0.1, -0.05) is 0 Å². The second-order valence-electron chi connectivity index (χ2n) is 7.98. The van der Waals surface area contributed by atoms with Crippen molar-refractivity contribution in [3.63, 3.8) is 0 Å². The molecule has 1 aliphatic heterocycles. The van der Waals surface area contributed by atoms with Gasteiger partial charge in [-0.15, -0.1) is 0 Å². The summed E-state index contributed by atoms with van der Waals surface area (Å²) >= 11 is 0. The van der Waals surface area contributed by atoms with Crippen molar-refractivity contribution in [1.82, 2.24) is 20.3 Å². The average molecular weight is 355 g/mol. The Hall–Kier alpha value is -2.21. The summed E-state index contributed by atoms with van der Waals surface area (Å²) in [6, 6.07) is 5.97. The fourth-order valence-electron chi connectivity index (χ4n) is 3.17. The predicted molar refractivity (Wildman–Crippen MR) is 107 cm³/mol. The van der Waals surface area contributed by atoms with Gasteiger partial charge in [-0.05, 0) is 71.2 Å². The second kappa shape index (κ2) is 8.45. The number of pyridine rings is 1. The van der Waals surface area contributed by atoms with E-state index >= 15 is 0 Å². The standard InChI is InChI=1S/C20H30N6/c1-20(2,3)26-19-24-17(16-7-11-22-12-8-16)14-18(25-19)23-13-6-15-4-9-21-10-5-15/h7-8,11-12,14-15,21H,4-6,9-10,13H2,1-3H3,(H2,23,24,25,26). The maximum Gasteiger partial charge on any atom is 0.225 e. The molecule has 0 aromatic carbocycles. The van der Waals surface area contributed by atoms with Gasteiger partial charge in [0, 0.05) is 36.1 Å². The molecular weight excluding hydrogens is 324 g/mol. The van der Waals surface area contributed by atoms with Gasteiger partial charge in [0.15, 0.2) is 0 Å². The van der Waals surface area contributed by atoms with Gasteiger partial charge in [0.1, 0.15) is 5.82 Å². The Bertz CT molecular complexity index is 689. The number of piperidine rings is 1. The van der Waals surface area contributed by atoms with Crippen LogP contribution in [0, 0.1) is 5.92 Å². The van der Waals surface area contributed by atoms with Crippen molar-refractivity contribution < 1.29 is 0 Å². The Labute approximate surface area is 156 Å². The normalized spacial score (nSPS) is 15.7. The Morgan fingerprint density at radius 2 is 1.85 bits per heavy atom. The molecule has 0 amide bonds. The van der Waals surface area contributed by atoms with Crippen LogP contribution in [0.15, 0.2) is 30.6 Å². The van der Waals surface area contributed by atoms with Crippen LogP contribution in [0.1, 0.15) is 40.0 Å². The zero-order valence-electron chi connectivity index (χ0n) is 16.0. The molecule has 2 aromatic rings. The van der Waals surface area contributed by atoms with Crippen LogP contribution in [-0.2, 0) is 0 Å². The maximum atomic E-state index is 4.69. The van der Waals surface area contributed by atoms with Crippen LogP contribution < -0.4 is 16.0 Å². The van der Waals surface area contributed by atoms with Crippen molar-refractivity contribution in [1.29, 1.82) is 0 Å². The molecule has 3 N–H and O–H groups in total. The van der Waals surface area contributed by atoms with Gasteiger partial charge in [0.05, 0.1) is 5.69 Å². The van der Waals surface area contributed by atoms with Crippen LogP contribution in [0.25, 0.3) is 11.3 Å². The monoisotopic (exact) mass is 354 g/mol. The summed E-state index contributed by atoms with van der Waals surface area (Å²) in [5.74, 6) is 2.32. The lowest BCUT2D eigenvalue weighted by atomic mass is 9.95. The quantitative estimate of drug-likeness (QED) is 0.737. The van der Waals surface area contributed by atoms with Crippen LogP contribution in [0.5, 0.6) is 0 Å². The third-order valence-electron chi connectivity index (χ3n) is 4.51. The SMILES string of the molecule is CC(C)(C)Nc1nc(NCCC2CCNCC2)cc(-c2ccncc2)n1. The summed E-state index contributed by atoms with van der Waals surface area (Å²) in [6.45, 7) is 9.56. The van der Waals surface area contributed by atoms with E-state index in [0.717, 1.165) is 42.6 Å². The van der Waals surface area contributed by atoms with Gasteiger partial charge < -0.3 is 16.0 Å².